The van der Waals surface area contributed by atoms with Gasteiger partial charge in [-0.2, -0.15) is 0 Å². The SMILES string of the molecule is CC(C)c1c(-c2cc3c(s2)CCC3)sc(C(=O)O)c1N. The largest absolute Gasteiger partial charge is 0.477 e. The number of fused-ring (bicyclic) bond motifs is 1. The van der Waals surface area contributed by atoms with Crippen molar-refractivity contribution in [3.63, 3.8) is 0 Å². The van der Waals surface area contributed by atoms with Gasteiger partial charge in [0.2, 0.25) is 0 Å². The van der Waals surface area contributed by atoms with Crippen LogP contribution in [0.3, 0.4) is 0 Å². The molecule has 3 rings (SSSR count). The van der Waals surface area contributed by atoms with Crippen LogP contribution in [-0.2, 0) is 12.8 Å². The molecular weight excluding hydrogens is 290 g/mol. The summed E-state index contributed by atoms with van der Waals surface area (Å²) in [6.45, 7) is 4.13. The molecule has 0 unspecified atom stereocenters. The Labute approximate surface area is 126 Å². The van der Waals surface area contributed by atoms with Crippen LogP contribution in [0.2, 0.25) is 0 Å². The molecule has 106 valence electrons. The van der Waals surface area contributed by atoms with Crippen molar-refractivity contribution >= 4 is 34.3 Å². The molecule has 0 fully saturated rings. The molecule has 3 nitrogen and oxygen atoms in total. The zero-order chi connectivity index (χ0) is 14.4. The van der Waals surface area contributed by atoms with E-state index in [2.05, 4.69) is 19.9 Å². The van der Waals surface area contributed by atoms with Gasteiger partial charge in [0.25, 0.3) is 0 Å². The number of carboxylic acids is 1. The van der Waals surface area contributed by atoms with Gasteiger partial charge in [0, 0.05) is 9.75 Å². The van der Waals surface area contributed by atoms with Gasteiger partial charge >= 0.3 is 5.97 Å². The Morgan fingerprint density at radius 3 is 2.70 bits per heavy atom. The highest BCUT2D eigenvalue weighted by Gasteiger charge is 2.25. The predicted octanol–water partition coefficient (Wildman–Crippen LogP) is 4.37. The Morgan fingerprint density at radius 2 is 2.10 bits per heavy atom. The standard InChI is InChI=1S/C15H17NO2S2/c1-7(2)11-12(16)14(15(17)18)20-13(11)10-6-8-4-3-5-9(8)19-10/h6-7H,3-5,16H2,1-2H3,(H,17,18). The Bertz CT molecular complexity index is 661. The monoisotopic (exact) mass is 307 g/mol. The van der Waals surface area contributed by atoms with Crippen LogP contribution in [0, 0.1) is 0 Å². The Kier molecular flexibility index (Phi) is 3.34. The van der Waals surface area contributed by atoms with Crippen molar-refractivity contribution in [1.82, 2.24) is 0 Å². The van der Waals surface area contributed by atoms with Crippen LogP contribution < -0.4 is 5.73 Å². The summed E-state index contributed by atoms with van der Waals surface area (Å²) in [7, 11) is 0. The molecule has 0 saturated heterocycles. The van der Waals surface area contributed by atoms with Gasteiger partial charge in [0.15, 0.2) is 0 Å². The van der Waals surface area contributed by atoms with Gasteiger partial charge in [-0.1, -0.05) is 13.8 Å². The summed E-state index contributed by atoms with van der Waals surface area (Å²) in [4.78, 5) is 15.3. The van der Waals surface area contributed by atoms with Crippen molar-refractivity contribution in [1.29, 1.82) is 0 Å². The molecule has 5 heteroatoms. The molecule has 2 aromatic rings. The van der Waals surface area contributed by atoms with Crippen LogP contribution in [0.1, 0.15) is 51.9 Å². The van der Waals surface area contributed by atoms with Crippen LogP contribution in [0.25, 0.3) is 9.75 Å². The summed E-state index contributed by atoms with van der Waals surface area (Å²) in [6, 6.07) is 2.23. The number of hydrogen-bond donors (Lipinski definition) is 2. The molecule has 0 saturated carbocycles. The molecule has 0 aliphatic heterocycles. The summed E-state index contributed by atoms with van der Waals surface area (Å²) < 4.78 is 0. The molecule has 2 aromatic heterocycles. The van der Waals surface area contributed by atoms with Gasteiger partial charge < -0.3 is 10.8 Å². The number of carboxylic acid groups (broad SMARTS) is 1. The predicted molar refractivity (Wildman–Crippen MR) is 85.1 cm³/mol. The van der Waals surface area contributed by atoms with E-state index in [4.69, 9.17) is 5.73 Å². The normalized spacial score (nSPS) is 13.9. The highest BCUT2D eigenvalue weighted by atomic mass is 32.1. The molecular formula is C15H17NO2S2. The van der Waals surface area contributed by atoms with Gasteiger partial charge in [0.1, 0.15) is 4.88 Å². The molecule has 20 heavy (non-hydrogen) atoms. The van der Waals surface area contributed by atoms with E-state index in [0.29, 0.717) is 5.69 Å². The lowest BCUT2D eigenvalue weighted by molar-refractivity contribution is 0.0703. The van der Waals surface area contributed by atoms with E-state index in [1.807, 2.05) is 0 Å². The molecule has 0 bridgehead atoms. The summed E-state index contributed by atoms with van der Waals surface area (Å²) in [5.74, 6) is -0.698. The molecule has 0 spiro atoms. The van der Waals surface area contributed by atoms with Crippen LogP contribution in [0.4, 0.5) is 5.69 Å². The molecule has 0 amide bonds. The van der Waals surface area contributed by atoms with Crippen molar-refractivity contribution in [3.05, 3.63) is 26.9 Å². The molecule has 1 aliphatic carbocycles. The Morgan fingerprint density at radius 1 is 1.35 bits per heavy atom. The number of aryl methyl sites for hydroxylation is 2. The van der Waals surface area contributed by atoms with Gasteiger partial charge in [0.05, 0.1) is 10.6 Å². The van der Waals surface area contributed by atoms with Crippen LogP contribution >= 0.6 is 22.7 Å². The third-order valence-electron chi connectivity index (χ3n) is 3.73. The second-order valence-electron chi connectivity index (χ2n) is 5.46. The van der Waals surface area contributed by atoms with Crippen molar-refractivity contribution in [2.45, 2.75) is 39.0 Å². The maximum atomic E-state index is 11.3. The minimum absolute atomic E-state index is 0.228. The summed E-state index contributed by atoms with van der Waals surface area (Å²) in [5, 5.41) is 9.28. The number of carbonyl (C=O) groups is 1. The topological polar surface area (TPSA) is 63.3 Å². The van der Waals surface area contributed by atoms with Gasteiger partial charge in [-0.15, -0.1) is 22.7 Å². The molecule has 3 N–H and O–H groups in total. The van der Waals surface area contributed by atoms with Crippen molar-refractivity contribution in [2.24, 2.45) is 0 Å². The van der Waals surface area contributed by atoms with E-state index in [1.165, 1.54) is 33.1 Å². The van der Waals surface area contributed by atoms with Crippen molar-refractivity contribution < 1.29 is 9.90 Å². The lowest BCUT2D eigenvalue weighted by atomic mass is 10.0. The van der Waals surface area contributed by atoms with E-state index in [-0.39, 0.29) is 10.8 Å². The van der Waals surface area contributed by atoms with E-state index >= 15 is 0 Å². The van der Waals surface area contributed by atoms with Crippen LogP contribution in [0.5, 0.6) is 0 Å². The summed E-state index contributed by atoms with van der Waals surface area (Å²) in [5.41, 5.74) is 8.94. The Balaban J connectivity index is 2.16. The van der Waals surface area contributed by atoms with Crippen LogP contribution in [-0.4, -0.2) is 11.1 Å². The number of nitrogens with two attached hydrogens (primary N) is 1. The first-order valence-corrected chi connectivity index (χ1v) is 8.39. The third-order valence-corrected chi connectivity index (χ3v) is 6.35. The van der Waals surface area contributed by atoms with E-state index in [1.54, 1.807) is 11.3 Å². The number of rotatable bonds is 3. The first kappa shape index (κ1) is 13.6. The summed E-state index contributed by atoms with van der Waals surface area (Å²) >= 11 is 3.12. The Hall–Kier alpha value is -1.33. The maximum Gasteiger partial charge on any atom is 0.348 e. The number of aromatic carboxylic acids is 1. The second kappa shape index (κ2) is 4.90. The van der Waals surface area contributed by atoms with Crippen molar-refractivity contribution in [3.8, 4) is 9.75 Å². The number of hydrogen-bond acceptors (Lipinski definition) is 4. The van der Waals surface area contributed by atoms with Gasteiger partial charge in [-0.25, -0.2) is 4.79 Å². The lowest BCUT2D eigenvalue weighted by Crippen LogP contribution is -2.00. The smallest absolute Gasteiger partial charge is 0.348 e. The fourth-order valence-corrected chi connectivity index (χ4v) is 5.40. The number of thiophene rings is 2. The van der Waals surface area contributed by atoms with Gasteiger partial charge in [-0.3, -0.25) is 0 Å². The molecule has 2 heterocycles. The first-order chi connectivity index (χ1) is 9.49. The minimum Gasteiger partial charge on any atom is -0.477 e. The minimum atomic E-state index is -0.926. The number of anilines is 1. The fraction of sp³-hybridized carbons (Fsp3) is 0.400. The average molecular weight is 307 g/mol. The zero-order valence-corrected chi connectivity index (χ0v) is 13.2. The van der Waals surface area contributed by atoms with E-state index in [0.717, 1.165) is 23.3 Å². The molecule has 0 atom stereocenters. The second-order valence-corrected chi connectivity index (χ2v) is 7.62. The maximum absolute atomic E-state index is 11.3. The third kappa shape index (κ3) is 2.05. The summed E-state index contributed by atoms with van der Waals surface area (Å²) in [6.07, 6.45) is 3.55. The quantitative estimate of drug-likeness (QED) is 0.885. The van der Waals surface area contributed by atoms with Crippen LogP contribution in [0.15, 0.2) is 6.07 Å². The molecule has 0 radical (unpaired) electrons. The van der Waals surface area contributed by atoms with Crippen molar-refractivity contribution in [2.75, 3.05) is 5.73 Å². The highest BCUT2D eigenvalue weighted by molar-refractivity contribution is 7.23. The fourth-order valence-electron chi connectivity index (χ4n) is 2.81. The molecule has 1 aliphatic rings. The highest BCUT2D eigenvalue weighted by Crippen LogP contribution is 2.46. The van der Waals surface area contributed by atoms with E-state index in [9.17, 15) is 9.90 Å². The first-order valence-electron chi connectivity index (χ1n) is 6.76. The zero-order valence-electron chi connectivity index (χ0n) is 11.5. The molecule has 0 aromatic carbocycles. The number of nitrogen functional groups attached to an aromatic ring is 1. The van der Waals surface area contributed by atoms with Gasteiger partial charge in [-0.05, 0) is 42.4 Å². The lowest BCUT2D eigenvalue weighted by Gasteiger charge is -2.07. The van der Waals surface area contributed by atoms with E-state index < -0.39 is 5.97 Å². The average Bonchev–Trinajstić information content (AvgIpc) is 2.98.